The van der Waals surface area contributed by atoms with Crippen molar-refractivity contribution >= 4 is 38.8 Å². The number of nitrogens with zero attached hydrogens (tertiary/aromatic N) is 2. The van der Waals surface area contributed by atoms with E-state index in [0.29, 0.717) is 16.4 Å². The number of rotatable bonds is 3. The lowest BCUT2D eigenvalue weighted by Gasteiger charge is -2.11. The number of aromatic nitrogens is 2. The third-order valence-corrected chi connectivity index (χ3v) is 4.28. The maximum atomic E-state index is 12.4. The largest absolute Gasteiger partial charge is 0.399 e. The molecule has 1 aromatic carbocycles. The number of nitrogens with two attached hydrogens (primary N) is 1. The Hall–Kier alpha value is -2.34. The maximum Gasteiger partial charge on any atom is 0.266 e. The molecule has 2 heterocycles. The van der Waals surface area contributed by atoms with Crippen LogP contribution in [0, 0.1) is 0 Å². The molecule has 3 aromatic rings. The van der Waals surface area contributed by atoms with Gasteiger partial charge in [0.2, 0.25) is 0 Å². The number of hydrogen-bond acceptors (Lipinski definition) is 4. The fourth-order valence-electron chi connectivity index (χ4n) is 2.18. The lowest BCUT2D eigenvalue weighted by molar-refractivity contribution is 0.102. The maximum absolute atomic E-state index is 12.4. The highest BCUT2D eigenvalue weighted by atomic mass is 32.1. The summed E-state index contributed by atoms with van der Waals surface area (Å²) < 4.78 is 2.83. The molecule has 1 amide bonds. The number of anilines is 2. The Kier molecular flexibility index (Phi) is 3.39. The highest BCUT2D eigenvalue weighted by molar-refractivity contribution is 7.20. The summed E-state index contributed by atoms with van der Waals surface area (Å²) in [6, 6.07) is 9.50. The van der Waals surface area contributed by atoms with Crippen molar-refractivity contribution in [2.24, 2.45) is 0 Å². The van der Waals surface area contributed by atoms with Gasteiger partial charge in [0.25, 0.3) is 5.91 Å². The van der Waals surface area contributed by atoms with Gasteiger partial charge in [-0.3, -0.25) is 4.79 Å². The van der Waals surface area contributed by atoms with E-state index in [1.54, 1.807) is 16.9 Å². The summed E-state index contributed by atoms with van der Waals surface area (Å²) in [5.74, 6) is 0.573. The quantitative estimate of drug-likeness (QED) is 0.727. The van der Waals surface area contributed by atoms with Crippen LogP contribution < -0.4 is 11.1 Å². The van der Waals surface area contributed by atoms with Gasteiger partial charge in [-0.2, -0.15) is 5.10 Å². The number of nitrogens with one attached hydrogen (secondary N) is 1. The minimum Gasteiger partial charge on any atom is -0.399 e. The fraction of sp³-hybridized carbons (Fsp3) is 0.200. The lowest BCUT2D eigenvalue weighted by atomic mass is 10.2. The van der Waals surface area contributed by atoms with Gasteiger partial charge in [0.05, 0.1) is 11.1 Å². The summed E-state index contributed by atoms with van der Waals surface area (Å²) >= 11 is 1.45. The first kappa shape index (κ1) is 13.6. The third kappa shape index (κ3) is 2.62. The van der Waals surface area contributed by atoms with Crippen LogP contribution in [0.15, 0.2) is 36.5 Å². The summed E-state index contributed by atoms with van der Waals surface area (Å²) in [6.07, 6.45) is 1.68. The molecular weight excluding hydrogens is 284 g/mol. The summed E-state index contributed by atoms with van der Waals surface area (Å²) in [4.78, 5) is 13.0. The van der Waals surface area contributed by atoms with Crippen LogP contribution >= 0.6 is 11.3 Å². The summed E-state index contributed by atoms with van der Waals surface area (Å²) in [7, 11) is 0. The Morgan fingerprint density at radius 1 is 1.33 bits per heavy atom. The SMILES string of the molecule is CC(C)n1nccc1NC(=O)c1cc2cc(N)ccc2s1. The van der Waals surface area contributed by atoms with Gasteiger partial charge >= 0.3 is 0 Å². The Labute approximate surface area is 126 Å². The first-order valence-corrected chi connectivity index (χ1v) is 7.50. The second kappa shape index (κ2) is 5.21. The van der Waals surface area contributed by atoms with Crippen molar-refractivity contribution in [2.45, 2.75) is 19.9 Å². The number of fused-ring (bicyclic) bond motifs is 1. The molecule has 0 aliphatic carbocycles. The van der Waals surface area contributed by atoms with Crippen LogP contribution in [0.3, 0.4) is 0 Å². The van der Waals surface area contributed by atoms with Gasteiger partial charge in [0, 0.05) is 22.5 Å². The molecule has 108 valence electrons. The smallest absolute Gasteiger partial charge is 0.266 e. The number of thiophene rings is 1. The molecule has 2 aromatic heterocycles. The van der Waals surface area contributed by atoms with E-state index in [2.05, 4.69) is 10.4 Å². The van der Waals surface area contributed by atoms with Crippen LogP contribution in [0.1, 0.15) is 29.6 Å². The van der Waals surface area contributed by atoms with E-state index in [-0.39, 0.29) is 11.9 Å². The van der Waals surface area contributed by atoms with E-state index in [1.807, 2.05) is 38.1 Å². The Morgan fingerprint density at radius 3 is 2.90 bits per heavy atom. The molecular formula is C15H16N4OS. The van der Waals surface area contributed by atoms with E-state index in [9.17, 15) is 4.79 Å². The van der Waals surface area contributed by atoms with Crippen molar-refractivity contribution in [3.63, 3.8) is 0 Å². The molecule has 5 nitrogen and oxygen atoms in total. The van der Waals surface area contributed by atoms with Gasteiger partial charge < -0.3 is 11.1 Å². The van der Waals surface area contributed by atoms with Gasteiger partial charge in [-0.1, -0.05) is 0 Å². The Balaban J connectivity index is 1.88. The normalized spacial score (nSPS) is 11.2. The second-order valence-corrected chi connectivity index (χ2v) is 6.20. The molecule has 0 aliphatic rings. The minimum absolute atomic E-state index is 0.128. The molecule has 0 atom stereocenters. The number of benzene rings is 1. The second-order valence-electron chi connectivity index (χ2n) is 5.12. The average Bonchev–Trinajstić information content (AvgIpc) is 3.04. The van der Waals surface area contributed by atoms with Crippen LogP contribution in [0.4, 0.5) is 11.5 Å². The van der Waals surface area contributed by atoms with E-state index in [4.69, 9.17) is 5.73 Å². The monoisotopic (exact) mass is 300 g/mol. The van der Waals surface area contributed by atoms with Gasteiger partial charge in [-0.05, 0) is 43.5 Å². The van der Waals surface area contributed by atoms with Crippen LogP contribution in [0.5, 0.6) is 0 Å². The van der Waals surface area contributed by atoms with Gasteiger partial charge in [-0.15, -0.1) is 11.3 Å². The van der Waals surface area contributed by atoms with Crippen LogP contribution in [-0.4, -0.2) is 15.7 Å². The first-order chi connectivity index (χ1) is 10.0. The molecule has 0 saturated heterocycles. The van der Waals surface area contributed by atoms with Crippen LogP contribution in [-0.2, 0) is 0 Å². The van der Waals surface area contributed by atoms with E-state index in [0.717, 1.165) is 10.1 Å². The van der Waals surface area contributed by atoms with Crippen LogP contribution in [0.2, 0.25) is 0 Å². The molecule has 21 heavy (non-hydrogen) atoms. The van der Waals surface area contributed by atoms with E-state index < -0.39 is 0 Å². The topological polar surface area (TPSA) is 72.9 Å². The molecule has 3 rings (SSSR count). The lowest BCUT2D eigenvalue weighted by Crippen LogP contribution is -2.15. The van der Waals surface area contributed by atoms with E-state index >= 15 is 0 Å². The standard InChI is InChI=1S/C15H16N4OS/c1-9(2)19-14(5-6-17-19)18-15(20)13-8-10-7-11(16)3-4-12(10)21-13/h3-9H,16H2,1-2H3,(H,18,20). The number of carbonyl (C=O) groups excluding carboxylic acids is 1. The number of amides is 1. The molecule has 6 heteroatoms. The highest BCUT2D eigenvalue weighted by Crippen LogP contribution is 2.28. The zero-order chi connectivity index (χ0) is 15.0. The van der Waals surface area contributed by atoms with Gasteiger partial charge in [0.1, 0.15) is 5.82 Å². The molecule has 0 aliphatic heterocycles. The van der Waals surface area contributed by atoms with Crippen molar-refractivity contribution in [1.82, 2.24) is 9.78 Å². The highest BCUT2D eigenvalue weighted by Gasteiger charge is 2.14. The average molecular weight is 300 g/mol. The first-order valence-electron chi connectivity index (χ1n) is 6.68. The number of nitrogen functional groups attached to an aromatic ring is 1. The van der Waals surface area contributed by atoms with Gasteiger partial charge in [0.15, 0.2) is 0 Å². The van der Waals surface area contributed by atoms with Crippen molar-refractivity contribution in [3.05, 3.63) is 41.4 Å². The molecule has 0 spiro atoms. The van der Waals surface area contributed by atoms with Gasteiger partial charge in [-0.25, -0.2) is 4.68 Å². The third-order valence-electron chi connectivity index (χ3n) is 3.17. The van der Waals surface area contributed by atoms with Crippen molar-refractivity contribution in [1.29, 1.82) is 0 Å². The molecule has 0 bridgehead atoms. The molecule has 0 radical (unpaired) electrons. The summed E-state index contributed by atoms with van der Waals surface area (Å²) in [5.41, 5.74) is 6.46. The molecule has 0 unspecified atom stereocenters. The molecule has 3 N–H and O–H groups in total. The Morgan fingerprint density at radius 2 is 2.14 bits per heavy atom. The molecule has 0 fully saturated rings. The summed E-state index contributed by atoms with van der Waals surface area (Å²) in [5, 5.41) is 8.10. The predicted molar refractivity (Wildman–Crippen MR) is 86.8 cm³/mol. The molecule has 0 saturated carbocycles. The fourth-order valence-corrected chi connectivity index (χ4v) is 3.11. The minimum atomic E-state index is -0.128. The predicted octanol–water partition coefficient (Wildman–Crippen LogP) is 3.51. The zero-order valence-corrected chi connectivity index (χ0v) is 12.6. The Bertz CT molecular complexity index is 803. The van der Waals surface area contributed by atoms with Crippen molar-refractivity contribution < 1.29 is 4.79 Å². The zero-order valence-electron chi connectivity index (χ0n) is 11.8. The van der Waals surface area contributed by atoms with E-state index in [1.165, 1.54) is 11.3 Å². The number of carbonyl (C=O) groups is 1. The summed E-state index contributed by atoms with van der Waals surface area (Å²) in [6.45, 7) is 4.04. The van der Waals surface area contributed by atoms with Crippen molar-refractivity contribution in [3.8, 4) is 0 Å². The van der Waals surface area contributed by atoms with Crippen LogP contribution in [0.25, 0.3) is 10.1 Å². The van der Waals surface area contributed by atoms with Crippen molar-refractivity contribution in [2.75, 3.05) is 11.1 Å². The number of hydrogen-bond donors (Lipinski definition) is 2.